The minimum Gasteiger partial charge on any atom is -0.356 e. The van der Waals surface area contributed by atoms with Crippen LogP contribution in [0.4, 0.5) is 0 Å². The molecule has 2 unspecified atom stereocenters. The van der Waals surface area contributed by atoms with E-state index in [1.165, 1.54) is 0 Å². The first kappa shape index (κ1) is 12.2. The quantitative estimate of drug-likeness (QED) is 0.585. The third-order valence-corrected chi connectivity index (χ3v) is 3.76. The van der Waals surface area contributed by atoms with Crippen molar-refractivity contribution in [2.75, 3.05) is 18.1 Å². The molecular weight excluding hydrogens is 218 g/mol. The van der Waals surface area contributed by atoms with Crippen molar-refractivity contribution in [2.45, 2.75) is 31.6 Å². The van der Waals surface area contributed by atoms with Crippen molar-refractivity contribution in [3.8, 4) is 0 Å². The largest absolute Gasteiger partial charge is 0.356 e. The van der Waals surface area contributed by atoms with Crippen LogP contribution >= 0.6 is 23.4 Å². The Bertz CT molecular complexity index is 181. The molecule has 4 heteroatoms. The number of amides is 1. The van der Waals surface area contributed by atoms with Crippen molar-refractivity contribution in [1.29, 1.82) is 0 Å². The third-order valence-electron chi connectivity index (χ3n) is 2.38. The second-order valence-corrected chi connectivity index (χ2v) is 5.67. The Kier molecular flexibility index (Phi) is 5.71. The topological polar surface area (TPSA) is 29.1 Å². The van der Waals surface area contributed by atoms with E-state index in [0.29, 0.717) is 0 Å². The lowest BCUT2D eigenvalue weighted by Crippen LogP contribution is -2.31. The number of hydrogen-bond acceptors (Lipinski definition) is 2. The van der Waals surface area contributed by atoms with Gasteiger partial charge in [-0.1, -0.05) is 0 Å². The van der Waals surface area contributed by atoms with E-state index >= 15 is 0 Å². The first-order valence-corrected chi connectivity index (χ1v) is 6.79. The summed E-state index contributed by atoms with van der Waals surface area (Å²) in [5.74, 6) is 2.62. The Morgan fingerprint density at radius 3 is 3.07 bits per heavy atom. The van der Waals surface area contributed by atoms with Gasteiger partial charge < -0.3 is 5.32 Å². The molecule has 0 bridgehead atoms. The van der Waals surface area contributed by atoms with Crippen LogP contribution in [-0.4, -0.2) is 29.3 Å². The zero-order valence-corrected chi connectivity index (χ0v) is 10.2. The van der Waals surface area contributed by atoms with Crippen LogP contribution in [0.25, 0.3) is 0 Å². The summed E-state index contributed by atoms with van der Waals surface area (Å²) >= 11 is 7.68. The number of nitrogens with one attached hydrogen (secondary N) is 1. The third kappa shape index (κ3) is 4.56. The highest BCUT2D eigenvalue weighted by Gasteiger charge is 2.22. The van der Waals surface area contributed by atoms with Crippen LogP contribution in [-0.2, 0) is 4.79 Å². The monoisotopic (exact) mass is 235 g/mol. The fourth-order valence-corrected chi connectivity index (χ4v) is 2.86. The van der Waals surface area contributed by atoms with E-state index in [0.717, 1.165) is 37.3 Å². The molecule has 1 aliphatic heterocycles. The van der Waals surface area contributed by atoms with Crippen molar-refractivity contribution >= 4 is 29.3 Å². The zero-order chi connectivity index (χ0) is 10.4. The average Bonchev–Trinajstić information content (AvgIpc) is 2.64. The van der Waals surface area contributed by atoms with Gasteiger partial charge in [-0.05, 0) is 31.9 Å². The molecule has 1 amide bonds. The summed E-state index contributed by atoms with van der Waals surface area (Å²) in [5.41, 5.74) is 0. The molecule has 82 valence electrons. The maximum atomic E-state index is 11.5. The summed E-state index contributed by atoms with van der Waals surface area (Å²) in [6, 6.07) is 0. The van der Waals surface area contributed by atoms with E-state index in [2.05, 4.69) is 5.32 Å². The van der Waals surface area contributed by atoms with Crippen LogP contribution in [0, 0.1) is 5.92 Å². The van der Waals surface area contributed by atoms with Gasteiger partial charge in [-0.15, -0.1) is 11.6 Å². The lowest BCUT2D eigenvalue weighted by molar-refractivity contribution is -0.124. The van der Waals surface area contributed by atoms with Crippen LogP contribution in [0.3, 0.4) is 0 Å². The lowest BCUT2D eigenvalue weighted by atomic mass is 10.1. The van der Waals surface area contributed by atoms with E-state index in [9.17, 15) is 4.79 Å². The molecule has 0 saturated carbocycles. The summed E-state index contributed by atoms with van der Waals surface area (Å²) in [6.45, 7) is 2.76. The number of halogens is 1. The fraction of sp³-hybridized carbons (Fsp3) is 0.900. The van der Waals surface area contributed by atoms with Crippen LogP contribution in [0.1, 0.15) is 26.2 Å². The number of rotatable bonds is 5. The molecule has 0 aromatic heterocycles. The van der Waals surface area contributed by atoms with E-state index in [1.54, 1.807) is 0 Å². The van der Waals surface area contributed by atoms with E-state index < -0.39 is 0 Å². The molecule has 1 fully saturated rings. The predicted molar refractivity (Wildman–Crippen MR) is 63.0 cm³/mol. The Morgan fingerprint density at radius 2 is 2.50 bits per heavy atom. The van der Waals surface area contributed by atoms with E-state index in [-0.39, 0.29) is 17.2 Å². The Morgan fingerprint density at radius 1 is 1.71 bits per heavy atom. The molecule has 0 spiro atoms. The van der Waals surface area contributed by atoms with Gasteiger partial charge in [0.1, 0.15) is 0 Å². The molecule has 0 aromatic carbocycles. The maximum absolute atomic E-state index is 11.5. The average molecular weight is 236 g/mol. The first-order valence-electron chi connectivity index (χ1n) is 5.19. The first-order chi connectivity index (χ1) is 6.70. The number of carbonyl (C=O) groups is 1. The standard InChI is InChI=1S/C10H18ClNOS/c1-8(11)3-2-5-12-10(13)9-4-6-14-7-9/h8-9H,2-7H2,1H3,(H,12,13). The van der Waals surface area contributed by atoms with Gasteiger partial charge in [-0.3, -0.25) is 4.79 Å². The minimum atomic E-state index is 0.217. The summed E-state index contributed by atoms with van der Waals surface area (Å²) in [5, 5.41) is 3.19. The Labute approximate surface area is 95.2 Å². The lowest BCUT2D eigenvalue weighted by Gasteiger charge is -2.09. The van der Waals surface area contributed by atoms with Gasteiger partial charge in [0.2, 0.25) is 5.91 Å². The highest BCUT2D eigenvalue weighted by molar-refractivity contribution is 7.99. The van der Waals surface area contributed by atoms with Gasteiger partial charge in [-0.2, -0.15) is 11.8 Å². The number of carbonyl (C=O) groups excluding carboxylic acids is 1. The molecule has 0 aromatic rings. The number of hydrogen-bond donors (Lipinski definition) is 1. The fourth-order valence-electron chi connectivity index (χ4n) is 1.48. The Hall–Kier alpha value is 0.110. The summed E-state index contributed by atoms with van der Waals surface area (Å²) in [6.07, 6.45) is 3.00. The molecule has 2 atom stereocenters. The SMILES string of the molecule is CC(Cl)CCCNC(=O)C1CCSC1. The van der Waals surface area contributed by atoms with Crippen LogP contribution < -0.4 is 5.32 Å². The Balaban J connectivity index is 2.03. The van der Waals surface area contributed by atoms with Crippen molar-refractivity contribution < 1.29 is 4.79 Å². The zero-order valence-electron chi connectivity index (χ0n) is 8.59. The van der Waals surface area contributed by atoms with Crippen LogP contribution in [0.15, 0.2) is 0 Å². The molecule has 1 N–H and O–H groups in total. The molecule has 1 rings (SSSR count). The summed E-state index contributed by atoms with van der Waals surface area (Å²) in [4.78, 5) is 11.5. The summed E-state index contributed by atoms with van der Waals surface area (Å²) < 4.78 is 0. The molecule has 1 saturated heterocycles. The molecule has 14 heavy (non-hydrogen) atoms. The highest BCUT2D eigenvalue weighted by Crippen LogP contribution is 2.23. The van der Waals surface area contributed by atoms with E-state index in [4.69, 9.17) is 11.6 Å². The summed E-state index contributed by atoms with van der Waals surface area (Å²) in [7, 11) is 0. The van der Waals surface area contributed by atoms with Gasteiger partial charge in [0, 0.05) is 23.6 Å². The van der Waals surface area contributed by atoms with Gasteiger partial charge in [0.05, 0.1) is 0 Å². The molecule has 1 aliphatic rings. The van der Waals surface area contributed by atoms with Gasteiger partial charge in [0.15, 0.2) is 0 Å². The predicted octanol–water partition coefficient (Wildman–Crippen LogP) is 2.26. The van der Waals surface area contributed by atoms with Gasteiger partial charge in [-0.25, -0.2) is 0 Å². The van der Waals surface area contributed by atoms with Crippen molar-refractivity contribution in [3.05, 3.63) is 0 Å². The normalized spacial score (nSPS) is 23.4. The smallest absolute Gasteiger partial charge is 0.223 e. The molecular formula is C10H18ClNOS. The van der Waals surface area contributed by atoms with Gasteiger partial charge >= 0.3 is 0 Å². The minimum absolute atomic E-state index is 0.217. The molecule has 1 heterocycles. The van der Waals surface area contributed by atoms with Gasteiger partial charge in [0.25, 0.3) is 0 Å². The molecule has 2 nitrogen and oxygen atoms in total. The number of alkyl halides is 1. The van der Waals surface area contributed by atoms with E-state index in [1.807, 2.05) is 18.7 Å². The van der Waals surface area contributed by atoms with Crippen molar-refractivity contribution in [2.24, 2.45) is 5.92 Å². The van der Waals surface area contributed by atoms with Crippen molar-refractivity contribution in [1.82, 2.24) is 5.32 Å². The second-order valence-electron chi connectivity index (χ2n) is 3.77. The molecule has 0 aliphatic carbocycles. The molecule has 0 radical (unpaired) electrons. The van der Waals surface area contributed by atoms with Crippen LogP contribution in [0.2, 0.25) is 0 Å². The number of thioether (sulfide) groups is 1. The van der Waals surface area contributed by atoms with Crippen molar-refractivity contribution in [3.63, 3.8) is 0 Å². The second kappa shape index (κ2) is 6.57. The highest BCUT2D eigenvalue weighted by atomic mass is 35.5. The van der Waals surface area contributed by atoms with Crippen LogP contribution in [0.5, 0.6) is 0 Å². The maximum Gasteiger partial charge on any atom is 0.223 e.